The number of pyridine rings is 2. The molecule has 4 heterocycles. The summed E-state index contributed by atoms with van der Waals surface area (Å²) in [5, 5.41) is 18.5. The van der Waals surface area contributed by atoms with Gasteiger partial charge in [0.25, 0.3) is 5.56 Å². The topological polar surface area (TPSA) is 132 Å². The number of nitrogens with zero attached hydrogens (tertiary/aromatic N) is 5. The van der Waals surface area contributed by atoms with Crippen LogP contribution in [0.1, 0.15) is 47.2 Å². The summed E-state index contributed by atoms with van der Waals surface area (Å²) < 4.78 is 59.0. The number of carboxylic acid groups (broad SMARTS) is 1. The monoisotopic (exact) mass is 629 g/mol. The average molecular weight is 630 g/mol. The van der Waals surface area contributed by atoms with Gasteiger partial charge < -0.3 is 23.7 Å². The third-order valence-electron chi connectivity index (χ3n) is 7.98. The molecular weight excluding hydrogens is 603 g/mol. The van der Waals surface area contributed by atoms with E-state index in [2.05, 4.69) is 9.97 Å². The molecule has 46 heavy (non-hydrogen) atoms. The fourth-order valence-electron chi connectivity index (χ4n) is 5.51. The molecule has 0 bridgehead atoms. The quantitative estimate of drug-likeness (QED) is 0.239. The molecule has 0 unspecified atom stereocenters. The van der Waals surface area contributed by atoms with Crippen molar-refractivity contribution in [2.45, 2.75) is 33.0 Å². The molecule has 0 amide bonds. The number of imidazole rings is 1. The first kappa shape index (κ1) is 30.5. The van der Waals surface area contributed by atoms with Crippen molar-refractivity contribution in [3.63, 3.8) is 0 Å². The molecule has 0 aliphatic carbocycles. The van der Waals surface area contributed by atoms with E-state index in [4.69, 9.17) is 14.7 Å². The van der Waals surface area contributed by atoms with Gasteiger partial charge in [-0.15, -0.1) is 0 Å². The van der Waals surface area contributed by atoms with Crippen molar-refractivity contribution in [3.8, 4) is 23.2 Å². The Labute approximate surface area is 259 Å². The van der Waals surface area contributed by atoms with E-state index >= 15 is 8.78 Å². The molecule has 0 spiro atoms. The van der Waals surface area contributed by atoms with Crippen molar-refractivity contribution in [2.75, 3.05) is 13.2 Å². The van der Waals surface area contributed by atoms with Crippen molar-refractivity contribution in [3.05, 3.63) is 111 Å². The Morgan fingerprint density at radius 3 is 2.61 bits per heavy atom. The van der Waals surface area contributed by atoms with Crippen molar-refractivity contribution in [2.24, 2.45) is 5.41 Å². The minimum Gasteiger partial charge on any atom is -0.478 e. The standard InChI is InChI=1S/C33H26F3N5O5/c1-33(2)17-45-16-27(33)41-26-10-20(32(43)44)9-23(35)31(26)39-28(41)14-40-13-24(36)21(11-30(40)42)25-4-3-5-29(38-25)46-15-19-7-6-18(12-37)8-22(19)34/h3-11,13,27H,14-17H2,1-2H3,(H,43,44)/t27-/m1/s1. The predicted octanol–water partition coefficient (Wildman–Crippen LogP) is 5.47. The van der Waals surface area contributed by atoms with Crippen LogP contribution in [0.3, 0.4) is 0 Å². The van der Waals surface area contributed by atoms with Gasteiger partial charge in [-0.2, -0.15) is 5.26 Å². The Morgan fingerprint density at radius 2 is 1.91 bits per heavy atom. The fourth-order valence-corrected chi connectivity index (χ4v) is 5.51. The maximum atomic E-state index is 15.6. The molecule has 1 aliphatic heterocycles. The molecule has 234 valence electrons. The molecule has 10 nitrogen and oxygen atoms in total. The lowest BCUT2D eigenvalue weighted by Gasteiger charge is -2.28. The van der Waals surface area contributed by atoms with Crippen LogP contribution in [0.4, 0.5) is 13.2 Å². The highest BCUT2D eigenvalue weighted by Crippen LogP contribution is 2.40. The van der Waals surface area contributed by atoms with Gasteiger partial charge in [-0.25, -0.2) is 27.9 Å². The summed E-state index contributed by atoms with van der Waals surface area (Å²) in [7, 11) is 0. The van der Waals surface area contributed by atoms with Gasteiger partial charge in [0.05, 0.1) is 54.2 Å². The molecule has 1 fully saturated rings. The van der Waals surface area contributed by atoms with Crippen molar-refractivity contribution < 1.29 is 32.5 Å². The van der Waals surface area contributed by atoms with Crippen LogP contribution in [0.2, 0.25) is 0 Å². The lowest BCUT2D eigenvalue weighted by atomic mass is 9.87. The van der Waals surface area contributed by atoms with Crippen LogP contribution < -0.4 is 10.3 Å². The normalized spacial score (nSPS) is 15.6. The number of hydrogen-bond donors (Lipinski definition) is 1. The smallest absolute Gasteiger partial charge is 0.335 e. The third kappa shape index (κ3) is 5.70. The second kappa shape index (κ2) is 11.8. The van der Waals surface area contributed by atoms with Gasteiger partial charge in [-0.05, 0) is 30.3 Å². The minimum atomic E-state index is -1.31. The fraction of sp³-hybridized carbons (Fsp3) is 0.242. The summed E-state index contributed by atoms with van der Waals surface area (Å²) in [6.45, 7) is 4.09. The zero-order chi connectivity index (χ0) is 32.7. The molecular formula is C33H26F3N5O5. The van der Waals surface area contributed by atoms with Crippen LogP contribution in [-0.4, -0.2) is 43.4 Å². The van der Waals surface area contributed by atoms with E-state index < -0.39 is 34.4 Å². The molecule has 1 saturated heterocycles. The summed E-state index contributed by atoms with van der Waals surface area (Å²) in [5.74, 6) is -3.27. The second-order valence-electron chi connectivity index (χ2n) is 11.6. The lowest BCUT2D eigenvalue weighted by molar-refractivity contribution is 0.0696. The van der Waals surface area contributed by atoms with Crippen molar-refractivity contribution >= 4 is 17.0 Å². The number of benzene rings is 2. The Bertz CT molecular complexity index is 2120. The second-order valence-corrected chi connectivity index (χ2v) is 11.6. The van der Waals surface area contributed by atoms with Gasteiger partial charge in [-0.3, -0.25) is 4.79 Å². The maximum Gasteiger partial charge on any atom is 0.335 e. The first-order valence-corrected chi connectivity index (χ1v) is 14.2. The van der Waals surface area contributed by atoms with E-state index in [0.29, 0.717) is 6.61 Å². The van der Waals surface area contributed by atoms with Crippen molar-refractivity contribution in [1.82, 2.24) is 19.1 Å². The number of ether oxygens (including phenoxy) is 2. The van der Waals surface area contributed by atoms with Crippen LogP contribution in [0.15, 0.2) is 65.6 Å². The molecule has 2 aromatic carbocycles. The predicted molar refractivity (Wildman–Crippen MR) is 159 cm³/mol. The van der Waals surface area contributed by atoms with Gasteiger partial charge in [0.2, 0.25) is 5.88 Å². The number of carbonyl (C=O) groups is 1. The highest BCUT2D eigenvalue weighted by molar-refractivity contribution is 5.93. The molecule has 6 rings (SSSR count). The zero-order valence-electron chi connectivity index (χ0n) is 24.6. The Morgan fingerprint density at radius 1 is 1.11 bits per heavy atom. The first-order chi connectivity index (χ1) is 21.9. The Kier molecular flexibility index (Phi) is 7.83. The first-order valence-electron chi connectivity index (χ1n) is 14.2. The molecule has 13 heteroatoms. The number of nitriles is 1. The minimum absolute atomic E-state index is 0.0581. The van der Waals surface area contributed by atoms with Gasteiger partial charge in [-0.1, -0.05) is 26.0 Å². The van der Waals surface area contributed by atoms with E-state index in [1.807, 2.05) is 19.9 Å². The molecule has 0 saturated carbocycles. The number of fused-ring (bicyclic) bond motifs is 1. The van der Waals surface area contributed by atoms with Gasteiger partial charge in [0.1, 0.15) is 29.6 Å². The van der Waals surface area contributed by atoms with Crippen LogP contribution in [0.5, 0.6) is 5.88 Å². The number of halogens is 3. The Balaban J connectivity index is 1.33. The molecule has 3 aromatic heterocycles. The average Bonchev–Trinajstić information content (AvgIpc) is 3.56. The van der Waals surface area contributed by atoms with Crippen LogP contribution in [0, 0.1) is 34.2 Å². The van der Waals surface area contributed by atoms with Crippen LogP contribution in [0.25, 0.3) is 22.3 Å². The van der Waals surface area contributed by atoms with E-state index in [1.54, 1.807) is 10.6 Å². The van der Waals surface area contributed by atoms with Crippen LogP contribution in [-0.2, 0) is 17.9 Å². The molecule has 5 aromatic rings. The molecule has 1 N–H and O–H groups in total. The number of aromatic nitrogens is 4. The number of aromatic carboxylic acids is 1. The Hall–Kier alpha value is -5.48. The van der Waals surface area contributed by atoms with Gasteiger partial charge in [0, 0.05) is 34.9 Å². The van der Waals surface area contributed by atoms with Crippen LogP contribution >= 0.6 is 0 Å². The highest BCUT2D eigenvalue weighted by Gasteiger charge is 2.39. The number of rotatable bonds is 8. The molecule has 1 atom stereocenters. The van der Waals surface area contributed by atoms with Gasteiger partial charge >= 0.3 is 5.97 Å². The van der Waals surface area contributed by atoms with E-state index in [1.165, 1.54) is 30.3 Å². The SMILES string of the molecule is CC1(C)COC[C@H]1n1c(Cn2cc(F)c(-c3cccc(OCc4ccc(C#N)cc4F)n3)cc2=O)nc2c(F)cc(C(=O)O)cc21. The summed E-state index contributed by atoms with van der Waals surface area (Å²) in [5.41, 5.74) is -0.802. The summed E-state index contributed by atoms with van der Waals surface area (Å²) >= 11 is 0. The molecule has 1 aliphatic rings. The van der Waals surface area contributed by atoms with E-state index in [-0.39, 0.29) is 76.5 Å². The number of carboxylic acids is 1. The summed E-state index contributed by atoms with van der Waals surface area (Å²) in [6, 6.07) is 13.3. The maximum absolute atomic E-state index is 15.6. The number of hydrogen-bond acceptors (Lipinski definition) is 7. The lowest BCUT2D eigenvalue weighted by Crippen LogP contribution is -2.29. The van der Waals surface area contributed by atoms with Gasteiger partial charge in [0.15, 0.2) is 5.82 Å². The summed E-state index contributed by atoms with van der Waals surface area (Å²) in [4.78, 5) is 33.7. The largest absolute Gasteiger partial charge is 0.478 e. The van der Waals surface area contributed by atoms with E-state index in [0.717, 1.165) is 29.0 Å². The third-order valence-corrected chi connectivity index (χ3v) is 7.98. The highest BCUT2D eigenvalue weighted by atomic mass is 19.1. The molecule has 0 radical (unpaired) electrons. The summed E-state index contributed by atoms with van der Waals surface area (Å²) in [6.07, 6.45) is 0.998. The van der Waals surface area contributed by atoms with Crippen molar-refractivity contribution in [1.29, 1.82) is 5.26 Å². The van der Waals surface area contributed by atoms with E-state index in [9.17, 15) is 19.1 Å². The zero-order valence-corrected chi connectivity index (χ0v) is 24.6.